The third-order valence-electron chi connectivity index (χ3n) is 4.30. The number of nitrogens with one attached hydrogen (secondary N) is 1. The van der Waals surface area contributed by atoms with Gasteiger partial charge in [-0.2, -0.15) is 4.98 Å². The molecule has 1 aliphatic heterocycles. The Bertz CT molecular complexity index is 963. The molecule has 1 N–H and O–H groups in total. The van der Waals surface area contributed by atoms with Crippen LogP contribution in [-0.2, 0) is 4.79 Å². The van der Waals surface area contributed by atoms with Gasteiger partial charge in [-0.1, -0.05) is 17.3 Å². The standard InChI is InChI=1S/C18H15N3O4S/c22-17(14-9-23-12-3-1-2-4-13(12)24-14)19-11-7-8-26-15(11)18-20-16(21-25-18)10-5-6-10/h1-4,7-8,10,14H,5-6,9H2,(H,19,22). The first kappa shape index (κ1) is 15.4. The van der Waals surface area contributed by atoms with E-state index in [4.69, 9.17) is 14.0 Å². The smallest absolute Gasteiger partial charge is 0.270 e. The molecule has 2 aliphatic rings. The quantitative estimate of drug-likeness (QED) is 0.758. The lowest BCUT2D eigenvalue weighted by Crippen LogP contribution is -2.40. The maximum atomic E-state index is 12.6. The van der Waals surface area contributed by atoms with Crippen LogP contribution in [-0.4, -0.2) is 28.8 Å². The summed E-state index contributed by atoms with van der Waals surface area (Å²) in [6.07, 6.45) is 1.49. The number of nitrogens with zero attached hydrogens (tertiary/aromatic N) is 2. The molecule has 1 aromatic carbocycles. The molecule has 1 atom stereocenters. The Morgan fingerprint density at radius 1 is 1.19 bits per heavy atom. The maximum absolute atomic E-state index is 12.6. The van der Waals surface area contributed by atoms with Crippen LogP contribution >= 0.6 is 11.3 Å². The molecule has 8 heteroatoms. The average molecular weight is 369 g/mol. The van der Waals surface area contributed by atoms with Gasteiger partial charge in [0.25, 0.3) is 11.8 Å². The molecule has 26 heavy (non-hydrogen) atoms. The van der Waals surface area contributed by atoms with Gasteiger partial charge in [0.2, 0.25) is 6.10 Å². The number of anilines is 1. The van der Waals surface area contributed by atoms with Crippen LogP contribution in [0.25, 0.3) is 10.8 Å². The zero-order valence-corrected chi connectivity index (χ0v) is 14.5. The predicted octanol–water partition coefficient (Wildman–Crippen LogP) is 3.45. The molecular weight excluding hydrogens is 354 g/mol. The molecule has 1 saturated carbocycles. The fourth-order valence-corrected chi connectivity index (χ4v) is 3.54. The first-order valence-corrected chi connectivity index (χ1v) is 9.27. The van der Waals surface area contributed by atoms with E-state index in [0.29, 0.717) is 29.0 Å². The van der Waals surface area contributed by atoms with Crippen LogP contribution in [0.2, 0.25) is 0 Å². The van der Waals surface area contributed by atoms with E-state index < -0.39 is 6.10 Å². The molecule has 3 heterocycles. The van der Waals surface area contributed by atoms with Gasteiger partial charge in [-0.3, -0.25) is 4.79 Å². The number of para-hydroxylation sites is 2. The molecule has 0 saturated heterocycles. The topological polar surface area (TPSA) is 86.5 Å². The second-order valence-electron chi connectivity index (χ2n) is 6.25. The Kier molecular flexibility index (Phi) is 3.63. The van der Waals surface area contributed by atoms with Crippen LogP contribution in [0, 0.1) is 0 Å². The van der Waals surface area contributed by atoms with Gasteiger partial charge in [0.15, 0.2) is 17.3 Å². The van der Waals surface area contributed by atoms with Crippen LogP contribution in [0.3, 0.4) is 0 Å². The molecule has 0 bridgehead atoms. The van der Waals surface area contributed by atoms with E-state index in [-0.39, 0.29) is 12.5 Å². The summed E-state index contributed by atoms with van der Waals surface area (Å²) in [6, 6.07) is 9.11. The van der Waals surface area contributed by atoms with Crippen molar-refractivity contribution in [2.24, 2.45) is 0 Å². The number of carbonyl (C=O) groups is 1. The first-order chi connectivity index (χ1) is 12.8. The number of ether oxygens (including phenoxy) is 2. The lowest BCUT2D eigenvalue weighted by Gasteiger charge is -2.25. The zero-order chi connectivity index (χ0) is 17.5. The average Bonchev–Trinajstić information content (AvgIpc) is 3.23. The van der Waals surface area contributed by atoms with Crippen molar-refractivity contribution in [2.75, 3.05) is 11.9 Å². The van der Waals surface area contributed by atoms with Crippen LogP contribution in [0.15, 0.2) is 40.2 Å². The molecule has 5 rings (SSSR count). The lowest BCUT2D eigenvalue weighted by atomic mass is 10.2. The minimum atomic E-state index is -0.720. The highest BCUT2D eigenvalue weighted by atomic mass is 32.1. The molecule has 1 unspecified atom stereocenters. The van der Waals surface area contributed by atoms with Crippen molar-refractivity contribution in [1.82, 2.24) is 10.1 Å². The first-order valence-electron chi connectivity index (χ1n) is 8.39. The number of aromatic nitrogens is 2. The summed E-state index contributed by atoms with van der Waals surface area (Å²) in [5.74, 6) is 2.52. The Hall–Kier alpha value is -2.87. The summed E-state index contributed by atoms with van der Waals surface area (Å²) in [5.41, 5.74) is 0.633. The van der Waals surface area contributed by atoms with Crippen molar-refractivity contribution in [3.8, 4) is 22.3 Å². The molecule has 3 aromatic rings. The van der Waals surface area contributed by atoms with Crippen LogP contribution in [0.4, 0.5) is 5.69 Å². The molecule has 0 spiro atoms. The number of benzene rings is 1. The van der Waals surface area contributed by atoms with Gasteiger partial charge in [0, 0.05) is 5.92 Å². The van der Waals surface area contributed by atoms with Gasteiger partial charge in [-0.25, -0.2) is 0 Å². The van der Waals surface area contributed by atoms with E-state index >= 15 is 0 Å². The predicted molar refractivity (Wildman–Crippen MR) is 94.6 cm³/mol. The van der Waals surface area contributed by atoms with Crippen molar-refractivity contribution in [3.63, 3.8) is 0 Å². The highest BCUT2D eigenvalue weighted by Crippen LogP contribution is 2.40. The largest absolute Gasteiger partial charge is 0.485 e. The van der Waals surface area contributed by atoms with E-state index in [1.54, 1.807) is 6.07 Å². The number of rotatable bonds is 4. The number of fused-ring (bicyclic) bond motifs is 1. The summed E-state index contributed by atoms with van der Waals surface area (Å²) in [7, 11) is 0. The monoisotopic (exact) mass is 369 g/mol. The molecule has 1 amide bonds. The molecule has 132 valence electrons. The van der Waals surface area contributed by atoms with Crippen molar-refractivity contribution in [1.29, 1.82) is 0 Å². The van der Waals surface area contributed by atoms with Crippen molar-refractivity contribution < 1.29 is 18.8 Å². The molecule has 0 radical (unpaired) electrons. The lowest BCUT2D eigenvalue weighted by molar-refractivity contribution is -0.125. The van der Waals surface area contributed by atoms with Gasteiger partial charge in [-0.15, -0.1) is 11.3 Å². The number of thiophene rings is 1. The third kappa shape index (κ3) is 2.82. The Morgan fingerprint density at radius 2 is 2.04 bits per heavy atom. The highest BCUT2D eigenvalue weighted by Gasteiger charge is 2.31. The summed E-state index contributed by atoms with van der Waals surface area (Å²) in [4.78, 5) is 17.8. The van der Waals surface area contributed by atoms with Gasteiger partial charge in [0.05, 0.1) is 5.69 Å². The minimum Gasteiger partial charge on any atom is -0.485 e. The SMILES string of the molecule is O=C(Nc1ccsc1-c1nc(C2CC2)no1)C1COc2ccccc2O1. The normalized spacial score (nSPS) is 18.5. The molecule has 1 aliphatic carbocycles. The van der Waals surface area contributed by atoms with Crippen molar-refractivity contribution in [2.45, 2.75) is 24.9 Å². The van der Waals surface area contributed by atoms with E-state index in [9.17, 15) is 4.79 Å². The van der Waals surface area contributed by atoms with Gasteiger partial charge in [0.1, 0.15) is 11.5 Å². The van der Waals surface area contributed by atoms with E-state index in [0.717, 1.165) is 23.5 Å². The van der Waals surface area contributed by atoms with E-state index in [1.807, 2.05) is 29.6 Å². The van der Waals surface area contributed by atoms with E-state index in [2.05, 4.69) is 15.5 Å². The summed E-state index contributed by atoms with van der Waals surface area (Å²) >= 11 is 1.44. The zero-order valence-electron chi connectivity index (χ0n) is 13.7. The summed E-state index contributed by atoms with van der Waals surface area (Å²) in [6.45, 7) is 0.161. The fraction of sp³-hybridized carbons (Fsp3) is 0.278. The molecule has 1 fully saturated rings. The fourth-order valence-electron chi connectivity index (χ4n) is 2.77. The van der Waals surface area contributed by atoms with Gasteiger partial charge < -0.3 is 19.3 Å². The Balaban J connectivity index is 1.32. The van der Waals surface area contributed by atoms with Crippen LogP contribution in [0.5, 0.6) is 11.5 Å². The minimum absolute atomic E-state index is 0.161. The van der Waals surface area contributed by atoms with E-state index in [1.165, 1.54) is 11.3 Å². The van der Waals surface area contributed by atoms with Crippen molar-refractivity contribution in [3.05, 3.63) is 41.5 Å². The maximum Gasteiger partial charge on any atom is 0.270 e. The number of amides is 1. The highest BCUT2D eigenvalue weighted by molar-refractivity contribution is 7.14. The van der Waals surface area contributed by atoms with Crippen LogP contribution < -0.4 is 14.8 Å². The number of hydrogen-bond donors (Lipinski definition) is 1. The third-order valence-corrected chi connectivity index (χ3v) is 5.21. The Labute approximate surface area is 152 Å². The second kappa shape index (κ2) is 6.14. The number of carbonyl (C=O) groups excluding carboxylic acids is 1. The number of hydrogen-bond acceptors (Lipinski definition) is 7. The Morgan fingerprint density at radius 3 is 2.88 bits per heavy atom. The molecule has 2 aromatic heterocycles. The second-order valence-corrected chi connectivity index (χ2v) is 7.17. The van der Waals surface area contributed by atoms with Gasteiger partial charge in [-0.05, 0) is 36.4 Å². The van der Waals surface area contributed by atoms with Crippen molar-refractivity contribution >= 4 is 22.9 Å². The molecular formula is C18H15N3O4S. The molecule has 7 nitrogen and oxygen atoms in total. The van der Waals surface area contributed by atoms with Gasteiger partial charge >= 0.3 is 0 Å². The van der Waals surface area contributed by atoms with Crippen LogP contribution in [0.1, 0.15) is 24.6 Å². The summed E-state index contributed by atoms with van der Waals surface area (Å²) < 4.78 is 16.7. The summed E-state index contributed by atoms with van der Waals surface area (Å²) in [5, 5.41) is 8.79.